The van der Waals surface area contributed by atoms with Crippen LogP contribution in [0.3, 0.4) is 0 Å². The summed E-state index contributed by atoms with van der Waals surface area (Å²) in [5.41, 5.74) is 0. The molecule has 0 N–H and O–H groups in total. The van der Waals surface area contributed by atoms with Crippen LogP contribution in [0.15, 0.2) is 24.0 Å². The van der Waals surface area contributed by atoms with Crippen LogP contribution in [0.5, 0.6) is 0 Å². The second-order valence-electron chi connectivity index (χ2n) is 2.20. The molecule has 2 heteroatoms. The first-order valence-electron chi connectivity index (χ1n) is 4.31. The zero-order chi connectivity index (χ0) is 9.40. The minimum atomic E-state index is 0.194. The highest BCUT2D eigenvalue weighted by molar-refractivity contribution is 5.16. The van der Waals surface area contributed by atoms with Crippen molar-refractivity contribution >= 4 is 0 Å². The number of hydrogen-bond acceptors (Lipinski definition) is 2. The van der Waals surface area contributed by atoms with Crippen molar-refractivity contribution < 1.29 is 9.47 Å². The maximum atomic E-state index is 5.12. The summed E-state index contributed by atoms with van der Waals surface area (Å²) in [5, 5.41) is 0. The molecule has 1 unspecified atom stereocenters. The van der Waals surface area contributed by atoms with Gasteiger partial charge in [0, 0.05) is 13.5 Å². The lowest BCUT2D eigenvalue weighted by molar-refractivity contribution is 0.121. The molecule has 0 radical (unpaired) electrons. The molecule has 1 rings (SSSR count). The van der Waals surface area contributed by atoms with Gasteiger partial charge in [0.05, 0.1) is 19.0 Å². The van der Waals surface area contributed by atoms with E-state index in [0.717, 1.165) is 12.2 Å². The molecule has 0 bridgehead atoms. The van der Waals surface area contributed by atoms with Crippen LogP contribution in [0.2, 0.25) is 0 Å². The van der Waals surface area contributed by atoms with E-state index < -0.39 is 0 Å². The van der Waals surface area contributed by atoms with Crippen molar-refractivity contribution in [1.29, 1.82) is 0 Å². The second-order valence-corrected chi connectivity index (χ2v) is 2.20. The van der Waals surface area contributed by atoms with Gasteiger partial charge in [0.2, 0.25) is 0 Å². The molecule has 1 aliphatic carbocycles. The van der Waals surface area contributed by atoms with E-state index in [9.17, 15) is 0 Å². The molecule has 2 nitrogen and oxygen atoms in total. The molecule has 0 amide bonds. The zero-order valence-electron chi connectivity index (χ0n) is 8.33. The van der Waals surface area contributed by atoms with Gasteiger partial charge in [-0.15, -0.1) is 0 Å². The largest absolute Gasteiger partial charge is 0.501 e. The Morgan fingerprint density at radius 1 is 1.33 bits per heavy atom. The van der Waals surface area contributed by atoms with Gasteiger partial charge in [0.1, 0.15) is 0 Å². The highest BCUT2D eigenvalue weighted by Crippen LogP contribution is 2.14. The zero-order valence-corrected chi connectivity index (χ0v) is 8.33. The van der Waals surface area contributed by atoms with Crippen molar-refractivity contribution in [3.05, 3.63) is 24.0 Å². The third-order valence-electron chi connectivity index (χ3n) is 1.58. The third kappa shape index (κ3) is 3.58. The Morgan fingerprint density at radius 3 is 2.50 bits per heavy atom. The average molecular weight is 170 g/mol. The maximum absolute atomic E-state index is 5.12. The van der Waals surface area contributed by atoms with E-state index in [1.165, 1.54) is 0 Å². The van der Waals surface area contributed by atoms with Crippen LogP contribution in [0.4, 0.5) is 0 Å². The highest BCUT2D eigenvalue weighted by Gasteiger charge is 2.09. The van der Waals surface area contributed by atoms with Gasteiger partial charge in [-0.25, -0.2) is 0 Å². The molecule has 0 aromatic rings. The molecule has 0 fully saturated rings. The minimum Gasteiger partial charge on any atom is -0.501 e. The summed E-state index contributed by atoms with van der Waals surface area (Å²) in [4.78, 5) is 0. The number of hydrogen-bond donors (Lipinski definition) is 0. The van der Waals surface area contributed by atoms with Crippen LogP contribution in [-0.2, 0) is 9.47 Å². The molecule has 0 spiro atoms. The van der Waals surface area contributed by atoms with Crippen molar-refractivity contribution in [1.82, 2.24) is 0 Å². The summed E-state index contributed by atoms with van der Waals surface area (Å²) in [6.07, 6.45) is 6.97. The van der Waals surface area contributed by atoms with Gasteiger partial charge in [-0.05, 0) is 6.08 Å². The summed E-state index contributed by atoms with van der Waals surface area (Å²) in [5.74, 6) is 0.981. The molecule has 0 saturated heterocycles. The van der Waals surface area contributed by atoms with Gasteiger partial charge in [-0.2, -0.15) is 0 Å². The first-order valence-corrected chi connectivity index (χ1v) is 4.31. The summed E-state index contributed by atoms with van der Waals surface area (Å²) in [6.45, 7) is 4.00. The standard InChI is InChI=1S/C8H12O2.C2H6/c1-9-7-4-3-5-8(6-7)10-2;1-2/h3-5,7H,6H2,1-2H3;1-2H3. The van der Waals surface area contributed by atoms with E-state index in [4.69, 9.17) is 9.47 Å². The van der Waals surface area contributed by atoms with Gasteiger partial charge < -0.3 is 9.47 Å². The van der Waals surface area contributed by atoms with Gasteiger partial charge in [0.15, 0.2) is 0 Å². The monoisotopic (exact) mass is 170 g/mol. The van der Waals surface area contributed by atoms with Crippen LogP contribution in [-0.4, -0.2) is 20.3 Å². The van der Waals surface area contributed by atoms with Crippen molar-refractivity contribution in [2.75, 3.05) is 14.2 Å². The van der Waals surface area contributed by atoms with E-state index in [-0.39, 0.29) is 6.10 Å². The Balaban J connectivity index is 0.000000561. The highest BCUT2D eigenvalue weighted by atomic mass is 16.5. The first-order chi connectivity index (χ1) is 5.86. The molecule has 0 saturated carbocycles. The second kappa shape index (κ2) is 6.92. The van der Waals surface area contributed by atoms with Gasteiger partial charge in [0.25, 0.3) is 0 Å². The Labute approximate surface area is 74.9 Å². The molecular formula is C10H18O2. The molecular weight excluding hydrogens is 152 g/mol. The van der Waals surface area contributed by atoms with Crippen LogP contribution in [0, 0.1) is 0 Å². The Kier molecular flexibility index (Phi) is 6.48. The first kappa shape index (κ1) is 11.2. The van der Waals surface area contributed by atoms with E-state index >= 15 is 0 Å². The Morgan fingerprint density at radius 2 is 2.00 bits per heavy atom. The predicted molar refractivity (Wildman–Crippen MR) is 51.0 cm³/mol. The molecule has 1 atom stereocenters. The van der Waals surface area contributed by atoms with Crippen molar-refractivity contribution in [2.45, 2.75) is 26.4 Å². The van der Waals surface area contributed by atoms with E-state index in [2.05, 4.69) is 0 Å². The predicted octanol–water partition coefficient (Wildman–Crippen LogP) is 2.52. The van der Waals surface area contributed by atoms with Crippen molar-refractivity contribution in [3.63, 3.8) is 0 Å². The van der Waals surface area contributed by atoms with Crippen LogP contribution >= 0.6 is 0 Å². The summed E-state index contributed by atoms with van der Waals surface area (Å²) >= 11 is 0. The van der Waals surface area contributed by atoms with Crippen LogP contribution in [0.25, 0.3) is 0 Å². The normalized spacial score (nSPS) is 20.7. The Hall–Kier alpha value is -0.760. The molecule has 0 aliphatic heterocycles. The lowest BCUT2D eigenvalue weighted by Crippen LogP contribution is -2.11. The maximum Gasteiger partial charge on any atom is 0.0984 e. The smallest absolute Gasteiger partial charge is 0.0984 e. The summed E-state index contributed by atoms with van der Waals surface area (Å²) in [6, 6.07) is 0. The quantitative estimate of drug-likeness (QED) is 0.634. The number of rotatable bonds is 2. The number of allylic oxidation sites excluding steroid dienone is 2. The average Bonchev–Trinajstić information content (AvgIpc) is 2.21. The molecule has 0 heterocycles. The SMILES string of the molecule is CC.COC1=CC=CC(OC)C1. The topological polar surface area (TPSA) is 18.5 Å². The molecule has 70 valence electrons. The third-order valence-corrected chi connectivity index (χ3v) is 1.58. The molecule has 12 heavy (non-hydrogen) atoms. The summed E-state index contributed by atoms with van der Waals surface area (Å²) < 4.78 is 10.2. The minimum absolute atomic E-state index is 0.194. The van der Waals surface area contributed by atoms with E-state index in [1.54, 1.807) is 14.2 Å². The van der Waals surface area contributed by atoms with E-state index in [0.29, 0.717) is 0 Å². The van der Waals surface area contributed by atoms with Gasteiger partial charge in [-0.1, -0.05) is 26.0 Å². The molecule has 0 aromatic heterocycles. The lowest BCUT2D eigenvalue weighted by atomic mass is 10.1. The van der Waals surface area contributed by atoms with Crippen LogP contribution in [0.1, 0.15) is 20.3 Å². The summed E-state index contributed by atoms with van der Waals surface area (Å²) in [7, 11) is 3.38. The van der Waals surface area contributed by atoms with Gasteiger partial charge >= 0.3 is 0 Å². The Bertz CT molecular complexity index is 159. The van der Waals surface area contributed by atoms with Gasteiger partial charge in [-0.3, -0.25) is 0 Å². The fraction of sp³-hybridized carbons (Fsp3) is 0.600. The fourth-order valence-electron chi connectivity index (χ4n) is 0.934. The van der Waals surface area contributed by atoms with Crippen molar-refractivity contribution in [3.8, 4) is 0 Å². The lowest BCUT2D eigenvalue weighted by Gasteiger charge is -2.15. The fourth-order valence-corrected chi connectivity index (χ4v) is 0.934. The number of ether oxygens (including phenoxy) is 2. The van der Waals surface area contributed by atoms with Crippen LogP contribution < -0.4 is 0 Å². The molecule has 0 aromatic carbocycles. The number of methoxy groups -OCH3 is 2. The van der Waals surface area contributed by atoms with Crippen molar-refractivity contribution in [2.24, 2.45) is 0 Å². The molecule has 1 aliphatic rings. The van der Waals surface area contributed by atoms with E-state index in [1.807, 2.05) is 32.1 Å².